The van der Waals surface area contributed by atoms with Crippen LogP contribution in [-0.2, 0) is 20.4 Å². The van der Waals surface area contributed by atoms with Crippen LogP contribution in [0.4, 0.5) is 40.3 Å². The molecule has 0 bridgehead atoms. The maximum atomic E-state index is 11.9. The van der Waals surface area contributed by atoms with Crippen molar-refractivity contribution >= 4 is 65.2 Å². The van der Waals surface area contributed by atoms with E-state index in [0.717, 1.165) is 30.9 Å². The fraction of sp³-hybridized carbons (Fsp3) is 0.195. The summed E-state index contributed by atoms with van der Waals surface area (Å²) in [5, 5.41) is 75.2. The highest BCUT2D eigenvalue weighted by Crippen LogP contribution is 2.41. The molecule has 0 saturated heterocycles. The van der Waals surface area contributed by atoms with Gasteiger partial charge < -0.3 is 36.3 Å². The minimum atomic E-state index is -1.34. The van der Waals surface area contributed by atoms with Gasteiger partial charge in [-0.2, -0.15) is 50.0 Å². The number of aromatic carboxylic acids is 2. The highest BCUT2D eigenvalue weighted by molar-refractivity contribution is 5.90. The molecule has 348 valence electrons. The maximum Gasteiger partial charge on any atom is 0.335 e. The SMILES string of the molecule is [C-]#[N+]c1cnn(-c2cc(OC=O)cc(C(=O)O)c2)c1N=Nc1c(C(C)(C)C)nn(-c2nc(O)nc(-n3nc(C(C)(C)C)c(N=Nc4c(C#N)cnn4-c4cc(OC=O)cc(C(=O)O)c4)c3N)n2)c1N. The Bertz CT molecular complexity index is 3170. The van der Waals surface area contributed by atoms with Crippen LogP contribution in [0, 0.1) is 17.9 Å². The molecule has 28 heteroatoms. The van der Waals surface area contributed by atoms with E-state index in [4.69, 9.17) is 27.5 Å². The number of azo groups is 2. The third-order valence-electron chi connectivity index (χ3n) is 9.52. The number of anilines is 2. The van der Waals surface area contributed by atoms with Gasteiger partial charge in [0.25, 0.3) is 30.5 Å². The molecule has 7 rings (SSSR count). The molecule has 5 aromatic heterocycles. The van der Waals surface area contributed by atoms with Gasteiger partial charge in [-0.05, 0) is 24.3 Å². The molecule has 0 saturated carbocycles. The van der Waals surface area contributed by atoms with Crippen molar-refractivity contribution in [3.05, 3.63) is 88.3 Å². The summed E-state index contributed by atoms with van der Waals surface area (Å²) in [4.78, 5) is 62.0. The molecule has 5 heterocycles. The second-order valence-electron chi connectivity index (χ2n) is 16.4. The van der Waals surface area contributed by atoms with Crippen LogP contribution in [0.3, 0.4) is 0 Å². The van der Waals surface area contributed by atoms with Gasteiger partial charge in [0.05, 0.1) is 52.9 Å². The number of nitrogen functional groups attached to an aromatic ring is 2. The van der Waals surface area contributed by atoms with Gasteiger partial charge in [-0.15, -0.1) is 20.5 Å². The van der Waals surface area contributed by atoms with Gasteiger partial charge in [0.1, 0.15) is 23.1 Å². The topological polar surface area (TPSA) is 387 Å². The number of carbonyl (C=O) groups excluding carboxylic acids is 2. The Kier molecular flexibility index (Phi) is 12.2. The number of benzene rings is 2. The highest BCUT2D eigenvalue weighted by atomic mass is 16.5. The number of hydrogen-bond acceptors (Lipinski definition) is 21. The average molecular weight is 938 g/mol. The zero-order valence-corrected chi connectivity index (χ0v) is 36.8. The zero-order valence-electron chi connectivity index (χ0n) is 36.8. The lowest BCUT2D eigenvalue weighted by Gasteiger charge is -2.15. The summed E-state index contributed by atoms with van der Waals surface area (Å²) in [6, 6.07) is 8.39. The molecule has 28 nitrogen and oxygen atoms in total. The third-order valence-corrected chi connectivity index (χ3v) is 9.52. The van der Waals surface area contributed by atoms with Gasteiger partial charge >= 0.3 is 17.9 Å². The number of carbonyl (C=O) groups is 4. The van der Waals surface area contributed by atoms with Gasteiger partial charge in [-0.3, -0.25) is 9.59 Å². The summed E-state index contributed by atoms with van der Waals surface area (Å²) >= 11 is 0. The molecule has 0 radical (unpaired) electrons. The lowest BCUT2D eigenvalue weighted by Crippen LogP contribution is -2.16. The van der Waals surface area contributed by atoms with Crippen LogP contribution in [0.1, 0.15) is 79.2 Å². The fourth-order valence-electron chi connectivity index (χ4n) is 6.39. The number of hydrogen-bond donors (Lipinski definition) is 5. The van der Waals surface area contributed by atoms with Gasteiger partial charge in [0.15, 0.2) is 34.6 Å². The Morgan fingerprint density at radius 3 is 1.58 bits per heavy atom. The number of ether oxygens (including phenoxy) is 2. The van der Waals surface area contributed by atoms with E-state index in [9.17, 15) is 39.8 Å². The summed E-state index contributed by atoms with van der Waals surface area (Å²) in [5.74, 6) is -4.36. The molecular weight excluding hydrogens is 903 g/mol. The van der Waals surface area contributed by atoms with Crippen LogP contribution in [0.2, 0.25) is 0 Å². The molecule has 0 aliphatic carbocycles. The Morgan fingerprint density at radius 1 is 0.710 bits per heavy atom. The minimum absolute atomic E-state index is 0.0219. The number of nitrogens with zero attached hydrogens (tertiary/aromatic N) is 17. The number of nitrogens with two attached hydrogens (primary N) is 2. The van der Waals surface area contributed by atoms with Crippen molar-refractivity contribution in [2.45, 2.75) is 52.4 Å². The van der Waals surface area contributed by atoms with Crippen LogP contribution < -0.4 is 20.9 Å². The summed E-state index contributed by atoms with van der Waals surface area (Å²) < 4.78 is 14.1. The van der Waals surface area contributed by atoms with E-state index in [1.165, 1.54) is 36.7 Å². The van der Waals surface area contributed by atoms with Crippen LogP contribution in [0.5, 0.6) is 17.5 Å². The standard InChI is InChI=1S/C41H35N19O9/c1-40(2,3)29-27(51-53-33-21(14-42)15-46-57(33)22-8-19(35(63)64)10-24(12-22)68-17-61)31(43)59(55-29)37-48-38(50-39(67)49-37)60-32(44)28(30(56-60)41(4,5)6)52-54-34-26(45-7)16-47-58(34)23-9-20(36(65)66)11-25(13-23)69-18-62/h8-13,15-18H,43-44H2,1-6H3,(H,63,64)(H,65,66)(H,48,49,50,67). The largest absolute Gasteiger partial charge is 0.479 e. The van der Waals surface area contributed by atoms with Crippen molar-refractivity contribution < 1.29 is 44.0 Å². The second-order valence-corrected chi connectivity index (χ2v) is 16.4. The molecule has 7 aromatic rings. The average Bonchev–Trinajstić information content (AvgIpc) is 4.07. The molecule has 0 spiro atoms. The summed E-state index contributed by atoms with van der Waals surface area (Å²) in [5.41, 5.74) is 11.6. The van der Waals surface area contributed by atoms with Gasteiger partial charge in [-0.1, -0.05) is 41.5 Å². The van der Waals surface area contributed by atoms with E-state index in [0.29, 0.717) is 0 Å². The van der Waals surface area contributed by atoms with E-state index < -0.39 is 28.8 Å². The van der Waals surface area contributed by atoms with Crippen LogP contribution in [0.15, 0.2) is 69.2 Å². The van der Waals surface area contributed by atoms with Crippen LogP contribution in [0.25, 0.3) is 28.1 Å². The van der Waals surface area contributed by atoms with Crippen molar-refractivity contribution in [2.24, 2.45) is 20.5 Å². The molecule has 2 aromatic carbocycles. The summed E-state index contributed by atoms with van der Waals surface area (Å²) in [7, 11) is 0. The normalized spacial score (nSPS) is 11.7. The minimum Gasteiger partial charge on any atom is -0.479 e. The van der Waals surface area contributed by atoms with E-state index in [2.05, 4.69) is 60.6 Å². The van der Waals surface area contributed by atoms with Crippen molar-refractivity contribution in [3.8, 4) is 46.9 Å². The monoisotopic (exact) mass is 937 g/mol. The first kappa shape index (κ1) is 46.7. The Morgan fingerprint density at radius 2 is 1.16 bits per heavy atom. The fourth-order valence-corrected chi connectivity index (χ4v) is 6.39. The van der Waals surface area contributed by atoms with E-state index in [-0.39, 0.29) is 116 Å². The number of rotatable bonds is 14. The Labute approximate surface area is 387 Å². The smallest absolute Gasteiger partial charge is 0.335 e. The maximum absolute atomic E-state index is 11.9. The van der Waals surface area contributed by atoms with E-state index in [1.807, 2.05) is 6.07 Å². The number of carboxylic acids is 2. The number of carboxylic acid groups (broad SMARTS) is 2. The Balaban J connectivity index is 1.32. The number of aromatic hydroxyl groups is 1. The first-order valence-electron chi connectivity index (χ1n) is 19.7. The Hall–Kier alpha value is -10.3. The van der Waals surface area contributed by atoms with Crippen LogP contribution in [-0.4, -0.2) is 94.3 Å². The van der Waals surface area contributed by atoms with Gasteiger partial charge in [0, 0.05) is 23.0 Å². The number of aromatic nitrogens is 11. The van der Waals surface area contributed by atoms with E-state index in [1.54, 1.807) is 41.5 Å². The second kappa shape index (κ2) is 18.0. The number of nitriles is 1. The van der Waals surface area contributed by atoms with Crippen molar-refractivity contribution in [2.75, 3.05) is 11.5 Å². The lowest BCUT2D eigenvalue weighted by atomic mass is 9.91. The highest BCUT2D eigenvalue weighted by Gasteiger charge is 2.31. The van der Waals surface area contributed by atoms with Crippen LogP contribution >= 0.6 is 0 Å². The first-order chi connectivity index (χ1) is 32.7. The van der Waals surface area contributed by atoms with Crippen molar-refractivity contribution in [1.82, 2.24) is 54.1 Å². The quantitative estimate of drug-likeness (QED) is 0.0488. The van der Waals surface area contributed by atoms with Crippen molar-refractivity contribution in [3.63, 3.8) is 0 Å². The molecule has 0 unspecified atom stereocenters. The van der Waals surface area contributed by atoms with Gasteiger partial charge in [0.2, 0.25) is 0 Å². The zero-order chi connectivity index (χ0) is 50.1. The third kappa shape index (κ3) is 9.19. The lowest BCUT2D eigenvalue weighted by molar-refractivity contribution is -0.121. The molecule has 0 aliphatic rings. The predicted octanol–water partition coefficient (Wildman–Crippen LogP) is 5.80. The summed E-state index contributed by atoms with van der Waals surface area (Å²) in [6.07, 6.45) is 2.34. The molecule has 0 aliphatic heterocycles. The molecular formula is C41H35N19O9. The molecule has 7 N–H and O–H groups in total. The predicted molar refractivity (Wildman–Crippen MR) is 236 cm³/mol. The summed E-state index contributed by atoms with van der Waals surface area (Å²) in [6.45, 7) is 18.7. The van der Waals surface area contributed by atoms with Gasteiger partial charge in [-0.25, -0.2) is 23.8 Å². The first-order valence-corrected chi connectivity index (χ1v) is 19.7. The molecule has 69 heavy (non-hydrogen) atoms. The van der Waals surface area contributed by atoms with E-state index >= 15 is 0 Å². The molecule has 0 atom stereocenters. The molecule has 0 amide bonds. The molecule has 0 fully saturated rings. The van der Waals surface area contributed by atoms with Crippen molar-refractivity contribution in [1.29, 1.82) is 5.26 Å².